The van der Waals surface area contributed by atoms with E-state index in [9.17, 15) is 15.0 Å². The summed E-state index contributed by atoms with van der Waals surface area (Å²) in [7, 11) is 1.55. The number of phenolic OH excluding ortho intramolecular Hbond substituents is 1. The molecular formula is C19H18N2O4. The van der Waals surface area contributed by atoms with E-state index < -0.39 is 18.1 Å². The van der Waals surface area contributed by atoms with E-state index in [0.29, 0.717) is 17.7 Å². The first-order chi connectivity index (χ1) is 12.1. The van der Waals surface area contributed by atoms with Gasteiger partial charge in [0.25, 0.3) is 0 Å². The normalized spacial score (nSPS) is 19.6. The summed E-state index contributed by atoms with van der Waals surface area (Å²) in [6.45, 7) is 0. The van der Waals surface area contributed by atoms with Gasteiger partial charge in [-0.1, -0.05) is 18.2 Å². The number of aromatic hydroxyl groups is 1. The lowest BCUT2D eigenvalue weighted by Crippen LogP contribution is -2.45. The van der Waals surface area contributed by atoms with E-state index >= 15 is 0 Å². The zero-order valence-electron chi connectivity index (χ0n) is 13.6. The molecular weight excluding hydrogens is 320 g/mol. The summed E-state index contributed by atoms with van der Waals surface area (Å²) >= 11 is 0. The molecule has 4 N–H and O–H groups in total. The second-order valence-electron chi connectivity index (χ2n) is 6.18. The van der Waals surface area contributed by atoms with Crippen LogP contribution in [0.2, 0.25) is 0 Å². The minimum atomic E-state index is -0.914. The fraction of sp³-hybridized carbons (Fsp3) is 0.211. The molecule has 0 radical (unpaired) electrons. The van der Waals surface area contributed by atoms with Crippen molar-refractivity contribution in [1.82, 2.24) is 10.3 Å². The van der Waals surface area contributed by atoms with Gasteiger partial charge in [-0.15, -0.1) is 0 Å². The summed E-state index contributed by atoms with van der Waals surface area (Å²) in [5.74, 6) is -0.220. The van der Waals surface area contributed by atoms with Gasteiger partial charge >= 0.3 is 5.97 Å². The van der Waals surface area contributed by atoms with Gasteiger partial charge in [0, 0.05) is 28.6 Å². The minimum absolute atomic E-state index is 0.0916. The Labute approximate surface area is 144 Å². The largest absolute Gasteiger partial charge is 0.508 e. The standard InChI is InChI=1S/C19H18N2O4/c1-25-10-6-7-16(22)13(8-10)18-17-12(9-15(21-18)19(23)24)11-4-2-3-5-14(11)20-17/h2-8,15,18,20-22H,9H2,1H3,(H,23,24). The number of rotatable bonds is 3. The van der Waals surface area contributed by atoms with Gasteiger partial charge in [-0.3, -0.25) is 10.1 Å². The lowest BCUT2D eigenvalue weighted by atomic mass is 9.90. The van der Waals surface area contributed by atoms with E-state index in [1.54, 1.807) is 25.3 Å². The molecule has 2 atom stereocenters. The molecule has 25 heavy (non-hydrogen) atoms. The Balaban J connectivity index is 1.92. The van der Waals surface area contributed by atoms with Crippen LogP contribution in [0, 0.1) is 0 Å². The fourth-order valence-corrected chi connectivity index (χ4v) is 3.53. The SMILES string of the molecule is COc1ccc(O)c(C2NC(C(=O)O)Cc3c2[nH]c2ccccc32)c1. The third kappa shape index (κ3) is 2.51. The number of nitrogens with one attached hydrogen (secondary N) is 2. The Morgan fingerprint density at radius 1 is 1.24 bits per heavy atom. The van der Waals surface area contributed by atoms with Gasteiger partial charge in [0.15, 0.2) is 0 Å². The summed E-state index contributed by atoms with van der Waals surface area (Å²) in [5.41, 5.74) is 3.38. The first-order valence-electron chi connectivity index (χ1n) is 8.03. The molecule has 6 heteroatoms. The number of para-hydroxylation sites is 1. The van der Waals surface area contributed by atoms with Crippen molar-refractivity contribution in [2.24, 2.45) is 0 Å². The summed E-state index contributed by atoms with van der Waals surface area (Å²) in [6.07, 6.45) is 0.385. The second-order valence-corrected chi connectivity index (χ2v) is 6.18. The van der Waals surface area contributed by atoms with Crippen LogP contribution in [-0.2, 0) is 11.2 Å². The topological polar surface area (TPSA) is 94.6 Å². The van der Waals surface area contributed by atoms with E-state index in [2.05, 4.69) is 10.3 Å². The van der Waals surface area contributed by atoms with E-state index in [1.807, 2.05) is 24.3 Å². The van der Waals surface area contributed by atoms with Crippen molar-refractivity contribution in [3.8, 4) is 11.5 Å². The van der Waals surface area contributed by atoms with Crippen molar-refractivity contribution in [3.63, 3.8) is 0 Å². The number of H-pyrrole nitrogens is 1. The van der Waals surface area contributed by atoms with Crippen LogP contribution in [0.1, 0.15) is 22.9 Å². The molecule has 0 saturated heterocycles. The quantitative estimate of drug-likeness (QED) is 0.589. The number of fused-ring (bicyclic) bond motifs is 3. The number of ether oxygens (including phenoxy) is 1. The predicted octanol–water partition coefficient (Wildman–Crippen LogP) is 2.57. The molecule has 3 aromatic rings. The second kappa shape index (κ2) is 5.82. The Hall–Kier alpha value is -2.99. The summed E-state index contributed by atoms with van der Waals surface area (Å²) < 4.78 is 5.26. The number of benzene rings is 2. The Morgan fingerprint density at radius 3 is 2.80 bits per heavy atom. The van der Waals surface area contributed by atoms with Crippen molar-refractivity contribution in [2.45, 2.75) is 18.5 Å². The van der Waals surface area contributed by atoms with Crippen LogP contribution in [0.3, 0.4) is 0 Å². The number of hydrogen-bond acceptors (Lipinski definition) is 4. The molecule has 1 aliphatic rings. The van der Waals surface area contributed by atoms with Crippen LogP contribution in [0.5, 0.6) is 11.5 Å². The molecule has 0 bridgehead atoms. The van der Waals surface area contributed by atoms with Crippen LogP contribution >= 0.6 is 0 Å². The summed E-state index contributed by atoms with van der Waals surface area (Å²) in [6, 6.07) is 11.6. The monoisotopic (exact) mass is 338 g/mol. The van der Waals surface area contributed by atoms with Crippen LogP contribution in [0.25, 0.3) is 10.9 Å². The first kappa shape index (κ1) is 15.5. The minimum Gasteiger partial charge on any atom is -0.508 e. The van der Waals surface area contributed by atoms with Crippen molar-refractivity contribution >= 4 is 16.9 Å². The summed E-state index contributed by atoms with van der Waals surface area (Å²) in [5, 5.41) is 24.0. The van der Waals surface area contributed by atoms with Gasteiger partial charge in [-0.2, -0.15) is 0 Å². The van der Waals surface area contributed by atoms with Crippen LogP contribution in [0.4, 0.5) is 0 Å². The number of carbonyl (C=O) groups is 1. The molecule has 0 fully saturated rings. The average Bonchev–Trinajstić information content (AvgIpc) is 3.00. The number of aliphatic carboxylic acids is 1. The number of hydrogen-bond donors (Lipinski definition) is 4. The van der Waals surface area contributed by atoms with Crippen molar-refractivity contribution in [3.05, 3.63) is 59.3 Å². The maximum atomic E-state index is 11.6. The van der Waals surface area contributed by atoms with E-state index in [4.69, 9.17) is 4.74 Å². The lowest BCUT2D eigenvalue weighted by Gasteiger charge is -2.30. The molecule has 0 amide bonds. The van der Waals surface area contributed by atoms with Crippen LogP contribution < -0.4 is 10.1 Å². The number of methoxy groups -OCH3 is 1. The van der Waals surface area contributed by atoms with Gasteiger partial charge in [0.1, 0.15) is 17.5 Å². The molecule has 4 rings (SSSR count). The third-order valence-electron chi connectivity index (χ3n) is 4.76. The maximum Gasteiger partial charge on any atom is 0.321 e. The fourth-order valence-electron chi connectivity index (χ4n) is 3.53. The zero-order valence-corrected chi connectivity index (χ0v) is 13.6. The number of aromatic amines is 1. The number of carboxylic acid groups (broad SMARTS) is 1. The molecule has 0 spiro atoms. The molecule has 1 aliphatic heterocycles. The molecule has 6 nitrogen and oxygen atoms in total. The van der Waals surface area contributed by atoms with Crippen molar-refractivity contribution in [1.29, 1.82) is 0 Å². The highest BCUT2D eigenvalue weighted by Crippen LogP contribution is 2.39. The van der Waals surface area contributed by atoms with Crippen LogP contribution in [-0.4, -0.2) is 34.3 Å². The highest BCUT2D eigenvalue weighted by molar-refractivity contribution is 5.87. The summed E-state index contributed by atoms with van der Waals surface area (Å²) in [4.78, 5) is 15.0. The molecule has 2 aromatic carbocycles. The zero-order chi connectivity index (χ0) is 17.6. The van der Waals surface area contributed by atoms with Gasteiger partial charge < -0.3 is 19.9 Å². The molecule has 1 aromatic heterocycles. The first-order valence-corrected chi connectivity index (χ1v) is 8.03. The van der Waals surface area contributed by atoms with Crippen molar-refractivity contribution in [2.75, 3.05) is 7.11 Å². The van der Waals surface area contributed by atoms with E-state index in [1.165, 1.54) is 0 Å². The third-order valence-corrected chi connectivity index (χ3v) is 4.76. The molecule has 2 unspecified atom stereocenters. The molecule has 2 heterocycles. The Morgan fingerprint density at radius 2 is 2.04 bits per heavy atom. The molecule has 0 saturated carbocycles. The average molecular weight is 338 g/mol. The highest BCUT2D eigenvalue weighted by Gasteiger charge is 2.35. The Bertz CT molecular complexity index is 963. The number of aromatic nitrogens is 1. The number of phenols is 1. The highest BCUT2D eigenvalue weighted by atomic mass is 16.5. The van der Waals surface area contributed by atoms with Gasteiger partial charge in [-0.25, -0.2) is 0 Å². The van der Waals surface area contributed by atoms with E-state index in [-0.39, 0.29) is 5.75 Å². The maximum absolute atomic E-state index is 11.6. The smallest absolute Gasteiger partial charge is 0.321 e. The predicted molar refractivity (Wildman–Crippen MR) is 93.1 cm³/mol. The van der Waals surface area contributed by atoms with Gasteiger partial charge in [0.2, 0.25) is 0 Å². The number of carboxylic acids is 1. The van der Waals surface area contributed by atoms with Gasteiger partial charge in [0.05, 0.1) is 13.2 Å². The van der Waals surface area contributed by atoms with Crippen molar-refractivity contribution < 1.29 is 19.7 Å². The Kier molecular flexibility index (Phi) is 3.62. The lowest BCUT2D eigenvalue weighted by molar-refractivity contribution is -0.139. The van der Waals surface area contributed by atoms with E-state index in [0.717, 1.165) is 22.2 Å². The van der Waals surface area contributed by atoms with Gasteiger partial charge in [-0.05, 0) is 29.8 Å². The molecule has 0 aliphatic carbocycles. The molecule has 128 valence electrons. The van der Waals surface area contributed by atoms with Crippen LogP contribution in [0.15, 0.2) is 42.5 Å².